The number of hydrogen-bond donors (Lipinski definition) is 7. The molecule has 0 radical (unpaired) electrons. The average Bonchev–Trinajstić information content (AvgIpc) is 4.17. The molecule has 0 bridgehead atoms. The van der Waals surface area contributed by atoms with E-state index < -0.39 is 157 Å². The first kappa shape index (κ1) is 62.9. The Labute approximate surface area is 465 Å². The van der Waals surface area contributed by atoms with Crippen LogP contribution in [0.2, 0.25) is 0 Å². The highest BCUT2D eigenvalue weighted by molar-refractivity contribution is 6.14. The van der Waals surface area contributed by atoms with Crippen LogP contribution in [0.5, 0.6) is 0 Å². The summed E-state index contributed by atoms with van der Waals surface area (Å²) in [4.78, 5) is 146. The van der Waals surface area contributed by atoms with Gasteiger partial charge >= 0.3 is 12.1 Å². The Hall–Kier alpha value is -8.93. The number of aliphatic hydroxyl groups is 1. The molecule has 4 aromatic rings. The zero-order chi connectivity index (χ0) is 59.6. The standard InChI is InChI=1S/C57H66F2N8O14/c1-34(62-56(80)81-33-36-14-9-6-10-15-36)46(70)25-37(26-51(75)76)53(77)64-44(28-47(60)71)55(79)63-43(54(78)61-22-11-16-40(69)31-67-48(72)19-20-49(67)73)21-23-66(50(74)32-68)52(57(2,3)4)45-24-38(41-27-39(58)17-18-42(41)59)30-65(45)29-35-12-7-5-8-13-35/h5-10,12-15,17-20,24,27,30,34,37,43-44,52,68H,11,16,21-23,25-26,28-29,31-33H2,1-4H3,(H2,60,71)(H,61,78)(H,62,80)(H,63,79)(H,64,77)(H,75,76)/t34-,37+,43-,44-,52-/m0/s1. The monoisotopic (exact) mass is 1120 g/mol. The number of nitrogens with one attached hydrogen (secondary N) is 4. The molecule has 5 atom stereocenters. The van der Waals surface area contributed by atoms with Gasteiger partial charge < -0.3 is 51.4 Å². The van der Waals surface area contributed by atoms with Crippen LogP contribution in [0.25, 0.3) is 11.1 Å². The maximum atomic E-state index is 15.4. The number of carbonyl (C=O) groups is 11. The summed E-state index contributed by atoms with van der Waals surface area (Å²) in [5.41, 5.74) is 6.55. The van der Waals surface area contributed by atoms with Gasteiger partial charge in [0.1, 0.15) is 36.9 Å². The summed E-state index contributed by atoms with van der Waals surface area (Å²) in [5, 5.41) is 29.9. The Morgan fingerprint density at radius 3 is 2.01 bits per heavy atom. The van der Waals surface area contributed by atoms with Crippen molar-refractivity contribution in [2.75, 3.05) is 26.2 Å². The molecule has 0 aliphatic carbocycles. The van der Waals surface area contributed by atoms with E-state index in [9.17, 15) is 67.3 Å². The number of amides is 8. The molecule has 81 heavy (non-hydrogen) atoms. The summed E-state index contributed by atoms with van der Waals surface area (Å²) in [7, 11) is 0. The van der Waals surface area contributed by atoms with Crippen LogP contribution in [0.15, 0.2) is 103 Å². The first-order chi connectivity index (χ1) is 38.3. The Kier molecular flexibility index (Phi) is 22.8. The molecule has 0 unspecified atom stereocenters. The lowest BCUT2D eigenvalue weighted by atomic mass is 9.82. The number of aliphatic carboxylic acids is 1. The van der Waals surface area contributed by atoms with Gasteiger partial charge in [-0.3, -0.25) is 52.8 Å². The number of benzene rings is 3. The van der Waals surface area contributed by atoms with Crippen molar-refractivity contribution in [1.82, 2.24) is 35.6 Å². The van der Waals surface area contributed by atoms with Gasteiger partial charge in [0.2, 0.25) is 29.5 Å². The molecular formula is C57H66F2N8O14. The molecule has 0 fully saturated rings. The van der Waals surface area contributed by atoms with Crippen LogP contribution < -0.4 is 27.0 Å². The van der Waals surface area contributed by atoms with Crippen molar-refractivity contribution in [1.29, 1.82) is 0 Å². The summed E-state index contributed by atoms with van der Waals surface area (Å²) in [6.07, 6.45) is -0.740. The van der Waals surface area contributed by atoms with Gasteiger partial charge in [0.05, 0.1) is 37.4 Å². The van der Waals surface area contributed by atoms with Crippen molar-refractivity contribution in [2.45, 2.75) is 104 Å². The molecule has 0 saturated carbocycles. The van der Waals surface area contributed by atoms with E-state index in [1.54, 1.807) is 86.1 Å². The second-order valence-electron chi connectivity index (χ2n) is 20.4. The number of carboxylic acid groups (broad SMARTS) is 1. The highest BCUT2D eigenvalue weighted by Crippen LogP contribution is 2.41. The molecule has 1 aliphatic rings. The van der Waals surface area contributed by atoms with E-state index in [0.717, 1.165) is 40.8 Å². The summed E-state index contributed by atoms with van der Waals surface area (Å²) < 4.78 is 37.0. The minimum Gasteiger partial charge on any atom is -0.481 e. The number of Topliss-reactive ketones (excluding diaryl/α,β-unsaturated/α-hetero) is 2. The molecule has 22 nitrogen and oxygen atoms in total. The van der Waals surface area contributed by atoms with E-state index in [2.05, 4.69) is 21.3 Å². The van der Waals surface area contributed by atoms with Gasteiger partial charge in [-0.2, -0.15) is 0 Å². The van der Waals surface area contributed by atoms with Gasteiger partial charge in [0.15, 0.2) is 11.6 Å². The molecule has 0 spiro atoms. The topological polar surface area (TPSA) is 323 Å². The molecule has 8 N–H and O–H groups in total. The fraction of sp³-hybridized carbons (Fsp3) is 0.386. The van der Waals surface area contributed by atoms with E-state index in [1.165, 1.54) is 11.8 Å². The number of nitrogens with two attached hydrogens (primary N) is 1. The number of halogens is 2. The van der Waals surface area contributed by atoms with Gasteiger partial charge in [-0.1, -0.05) is 81.4 Å². The van der Waals surface area contributed by atoms with Crippen LogP contribution in [-0.4, -0.2) is 134 Å². The minimum atomic E-state index is -1.91. The minimum absolute atomic E-state index is 0.0319. The van der Waals surface area contributed by atoms with Crippen LogP contribution in [0.3, 0.4) is 0 Å². The number of aromatic nitrogens is 1. The van der Waals surface area contributed by atoms with Crippen molar-refractivity contribution in [3.63, 3.8) is 0 Å². The second-order valence-corrected chi connectivity index (χ2v) is 20.4. The quantitative estimate of drug-likeness (QED) is 0.0291. The van der Waals surface area contributed by atoms with Crippen LogP contribution in [0.4, 0.5) is 13.6 Å². The van der Waals surface area contributed by atoms with Crippen LogP contribution in [0, 0.1) is 23.0 Å². The second kappa shape index (κ2) is 29.3. The molecule has 432 valence electrons. The number of carboxylic acids is 1. The van der Waals surface area contributed by atoms with E-state index in [-0.39, 0.29) is 43.7 Å². The fourth-order valence-electron chi connectivity index (χ4n) is 8.98. The fourth-order valence-corrected chi connectivity index (χ4v) is 8.98. The average molecular weight is 1130 g/mol. The largest absolute Gasteiger partial charge is 0.481 e. The summed E-state index contributed by atoms with van der Waals surface area (Å²) in [5.74, 6) is -12.7. The van der Waals surface area contributed by atoms with Gasteiger partial charge in [0.25, 0.3) is 11.8 Å². The van der Waals surface area contributed by atoms with Crippen molar-refractivity contribution >= 4 is 65.0 Å². The number of aliphatic hydroxyl groups excluding tert-OH is 1. The van der Waals surface area contributed by atoms with Crippen molar-refractivity contribution in [3.05, 3.63) is 132 Å². The van der Waals surface area contributed by atoms with Crippen LogP contribution >= 0.6 is 0 Å². The zero-order valence-corrected chi connectivity index (χ0v) is 45.2. The van der Waals surface area contributed by atoms with Gasteiger partial charge in [-0.05, 0) is 60.6 Å². The number of primary amides is 1. The lowest BCUT2D eigenvalue weighted by Gasteiger charge is -2.41. The number of nitrogens with zero attached hydrogens (tertiary/aromatic N) is 3. The zero-order valence-electron chi connectivity index (χ0n) is 45.2. The Morgan fingerprint density at radius 1 is 0.778 bits per heavy atom. The smallest absolute Gasteiger partial charge is 0.408 e. The Bertz CT molecular complexity index is 2980. The normalized spacial score (nSPS) is 14.0. The highest BCUT2D eigenvalue weighted by Gasteiger charge is 2.39. The molecule has 5 rings (SSSR count). The lowest BCUT2D eigenvalue weighted by Crippen LogP contribution is -2.56. The van der Waals surface area contributed by atoms with Crippen LogP contribution in [0.1, 0.15) is 89.1 Å². The number of ketones is 2. The van der Waals surface area contributed by atoms with Crippen molar-refractivity contribution < 1.29 is 76.5 Å². The number of hydrogen-bond acceptors (Lipinski definition) is 13. The molecular weight excluding hydrogens is 1060 g/mol. The van der Waals surface area contributed by atoms with E-state index in [1.807, 2.05) is 12.1 Å². The van der Waals surface area contributed by atoms with E-state index in [0.29, 0.717) is 11.3 Å². The Balaban J connectivity index is 1.43. The predicted octanol–water partition coefficient (Wildman–Crippen LogP) is 3.38. The van der Waals surface area contributed by atoms with Gasteiger partial charge in [-0.25, -0.2) is 13.6 Å². The number of imide groups is 1. The summed E-state index contributed by atoms with van der Waals surface area (Å²) >= 11 is 0. The molecule has 2 heterocycles. The third-order valence-corrected chi connectivity index (χ3v) is 13.0. The molecule has 3 aromatic carbocycles. The third kappa shape index (κ3) is 18.9. The maximum absolute atomic E-state index is 15.4. The third-order valence-electron chi connectivity index (χ3n) is 13.0. The molecule has 1 aliphatic heterocycles. The molecule has 0 saturated heterocycles. The molecule has 1 aromatic heterocycles. The summed E-state index contributed by atoms with van der Waals surface area (Å²) in [6, 6.07) is 16.3. The van der Waals surface area contributed by atoms with Gasteiger partial charge in [0, 0.05) is 67.6 Å². The first-order valence-corrected chi connectivity index (χ1v) is 25.9. The highest BCUT2D eigenvalue weighted by atomic mass is 19.1. The maximum Gasteiger partial charge on any atom is 0.408 e. The Morgan fingerprint density at radius 2 is 1.41 bits per heavy atom. The SMILES string of the molecule is C[C@H](NC(=O)OCc1ccccc1)C(=O)C[C@H](CC(=O)O)C(=O)N[C@@H](CC(N)=O)C(=O)N[C@@H](CCN(C(=O)CO)[C@@H](c1cc(-c2cc(F)ccc2F)cn1Cc1ccccc1)C(C)(C)C)C(=O)NCCCC(=O)CN1C(=O)C=CC1=O. The number of alkyl carbamates (subject to hydrolysis) is 1. The first-order valence-electron chi connectivity index (χ1n) is 25.9. The van der Waals surface area contributed by atoms with E-state index >= 15 is 4.39 Å². The molecule has 8 amide bonds. The van der Waals surface area contributed by atoms with Crippen LogP contribution in [-0.2, 0) is 65.8 Å². The summed E-state index contributed by atoms with van der Waals surface area (Å²) in [6.45, 7) is 4.40. The van der Waals surface area contributed by atoms with Crippen molar-refractivity contribution in [2.24, 2.45) is 17.1 Å². The number of ether oxygens (including phenoxy) is 1. The lowest BCUT2D eigenvalue weighted by molar-refractivity contribution is -0.143. The number of rotatable bonds is 30. The molecule has 24 heteroatoms. The predicted molar refractivity (Wildman–Crippen MR) is 286 cm³/mol. The van der Waals surface area contributed by atoms with Crippen molar-refractivity contribution in [3.8, 4) is 11.1 Å². The number of carbonyl (C=O) groups excluding carboxylic acids is 10. The van der Waals surface area contributed by atoms with E-state index in [4.69, 9.17) is 10.5 Å². The van der Waals surface area contributed by atoms with Gasteiger partial charge in [-0.15, -0.1) is 0 Å².